The number of nitrogens with zero attached hydrogens (tertiary/aromatic N) is 1. The summed E-state index contributed by atoms with van der Waals surface area (Å²) in [5, 5.41) is 2.88. The number of ether oxygens (including phenoxy) is 2. The van der Waals surface area contributed by atoms with Crippen LogP contribution in [0.2, 0.25) is 0 Å². The van der Waals surface area contributed by atoms with Crippen LogP contribution in [-0.4, -0.2) is 48.0 Å². The Bertz CT molecular complexity index is 759. The number of anilines is 1. The van der Waals surface area contributed by atoms with E-state index in [1.807, 2.05) is 20.8 Å². The Hall–Kier alpha value is -2.22. The molecule has 27 heavy (non-hydrogen) atoms. The minimum atomic E-state index is -0.418. The van der Waals surface area contributed by atoms with Crippen molar-refractivity contribution < 1.29 is 23.9 Å². The molecule has 7 nitrogen and oxygen atoms in total. The quantitative estimate of drug-likeness (QED) is 0.844. The van der Waals surface area contributed by atoms with Crippen LogP contribution >= 0.6 is 11.8 Å². The van der Waals surface area contributed by atoms with Gasteiger partial charge in [0.2, 0.25) is 11.8 Å². The number of amides is 2. The minimum absolute atomic E-state index is 0.00890. The van der Waals surface area contributed by atoms with Crippen LogP contribution in [0.3, 0.4) is 0 Å². The molecule has 0 radical (unpaired) electrons. The Balaban J connectivity index is 1.86. The third kappa shape index (κ3) is 4.94. The summed E-state index contributed by atoms with van der Waals surface area (Å²) < 4.78 is 11.1. The van der Waals surface area contributed by atoms with Gasteiger partial charge in [0.15, 0.2) is 16.6 Å². The minimum Gasteiger partial charge on any atom is -0.486 e. The molecule has 1 aromatic rings. The number of nitrogens with one attached hydrogen (secondary N) is 1. The summed E-state index contributed by atoms with van der Waals surface area (Å²) in [7, 11) is 0. The number of hydrogen-bond acceptors (Lipinski definition) is 6. The lowest BCUT2D eigenvalue weighted by atomic mass is 10.1. The van der Waals surface area contributed by atoms with Gasteiger partial charge < -0.3 is 19.7 Å². The average Bonchev–Trinajstić information content (AvgIpc) is 3.03. The fraction of sp³-hybridized carbons (Fsp3) is 0.526. The molecule has 2 amide bonds. The number of thioether (sulfide) groups is 1. The molecule has 2 heterocycles. The molecule has 0 spiro atoms. The topological polar surface area (TPSA) is 84.9 Å². The number of carbonyl (C=O) groups is 3. The molecule has 1 N–H and O–H groups in total. The molecule has 3 rings (SSSR count). The lowest BCUT2D eigenvalue weighted by Crippen LogP contribution is -2.48. The van der Waals surface area contributed by atoms with E-state index in [9.17, 15) is 14.4 Å². The summed E-state index contributed by atoms with van der Waals surface area (Å²) in [6, 6.07) is 5.18. The van der Waals surface area contributed by atoms with Crippen molar-refractivity contribution in [3.63, 3.8) is 0 Å². The van der Waals surface area contributed by atoms with Gasteiger partial charge in [-0.1, -0.05) is 11.8 Å². The van der Waals surface area contributed by atoms with E-state index >= 15 is 0 Å². The van der Waals surface area contributed by atoms with Gasteiger partial charge >= 0.3 is 0 Å². The first-order valence-electron chi connectivity index (χ1n) is 8.90. The third-order valence-electron chi connectivity index (χ3n) is 4.13. The average molecular weight is 392 g/mol. The number of carbonyl (C=O) groups excluding carboxylic acids is 3. The highest BCUT2D eigenvalue weighted by Gasteiger charge is 2.34. The zero-order valence-electron chi connectivity index (χ0n) is 15.7. The van der Waals surface area contributed by atoms with Gasteiger partial charge in [0.25, 0.3) is 0 Å². The van der Waals surface area contributed by atoms with Gasteiger partial charge in [-0.3, -0.25) is 14.4 Å². The highest BCUT2D eigenvalue weighted by atomic mass is 32.2. The first-order chi connectivity index (χ1) is 12.7. The zero-order chi connectivity index (χ0) is 19.6. The number of benzene rings is 1. The van der Waals surface area contributed by atoms with Crippen LogP contribution < -0.4 is 19.7 Å². The van der Waals surface area contributed by atoms with E-state index in [1.54, 1.807) is 18.2 Å². The maximum atomic E-state index is 13.1. The normalized spacial score (nSPS) is 18.9. The van der Waals surface area contributed by atoms with Crippen molar-refractivity contribution >= 4 is 34.4 Å². The molecule has 1 saturated heterocycles. The van der Waals surface area contributed by atoms with Gasteiger partial charge in [-0.15, -0.1) is 0 Å². The van der Waals surface area contributed by atoms with Crippen molar-refractivity contribution in [3.8, 4) is 11.5 Å². The van der Waals surface area contributed by atoms with Gasteiger partial charge in [0, 0.05) is 29.5 Å². The Kier molecular flexibility index (Phi) is 5.64. The van der Waals surface area contributed by atoms with Crippen LogP contribution in [0.5, 0.6) is 11.5 Å². The van der Waals surface area contributed by atoms with Crippen molar-refractivity contribution in [2.75, 3.05) is 30.4 Å². The predicted octanol–water partition coefficient (Wildman–Crippen LogP) is 1.99. The molecular formula is C19H24N2O5S. The molecule has 2 aliphatic heterocycles. The molecular weight excluding hydrogens is 368 g/mol. The summed E-state index contributed by atoms with van der Waals surface area (Å²) >= 11 is 1.17. The Morgan fingerprint density at radius 1 is 1.22 bits per heavy atom. The standard InChI is InChI=1S/C19H24N2O5S/c1-19(2,3)20-16(22)10-21(18(24)12-8-17(23)27-11-12)13-4-5-14-15(9-13)26-7-6-25-14/h4-5,9,12H,6-8,10-11H2,1-3H3,(H,20,22)/t12-/m0/s1. The summed E-state index contributed by atoms with van der Waals surface area (Å²) in [4.78, 5) is 38.6. The molecule has 0 aliphatic carbocycles. The number of rotatable bonds is 4. The molecule has 0 aromatic heterocycles. The molecule has 1 fully saturated rings. The van der Waals surface area contributed by atoms with Crippen LogP contribution in [0.4, 0.5) is 5.69 Å². The second-order valence-electron chi connectivity index (χ2n) is 7.63. The van der Waals surface area contributed by atoms with E-state index in [0.29, 0.717) is 36.2 Å². The first kappa shape index (κ1) is 19.5. The zero-order valence-corrected chi connectivity index (χ0v) is 16.6. The van der Waals surface area contributed by atoms with E-state index in [4.69, 9.17) is 9.47 Å². The smallest absolute Gasteiger partial charge is 0.240 e. The molecule has 0 bridgehead atoms. The van der Waals surface area contributed by atoms with Gasteiger partial charge in [0.05, 0.1) is 5.92 Å². The molecule has 0 saturated carbocycles. The first-order valence-corrected chi connectivity index (χ1v) is 9.89. The second-order valence-corrected chi connectivity index (χ2v) is 8.71. The largest absolute Gasteiger partial charge is 0.486 e. The van der Waals surface area contributed by atoms with Crippen molar-refractivity contribution in [2.45, 2.75) is 32.7 Å². The Morgan fingerprint density at radius 3 is 2.56 bits per heavy atom. The summed E-state index contributed by atoms with van der Waals surface area (Å²) in [5.41, 5.74) is 0.148. The van der Waals surface area contributed by atoms with Crippen molar-refractivity contribution in [2.24, 2.45) is 5.92 Å². The van der Waals surface area contributed by atoms with E-state index in [-0.39, 0.29) is 29.9 Å². The Labute approximate surface area is 162 Å². The fourth-order valence-electron chi connectivity index (χ4n) is 2.99. The van der Waals surface area contributed by atoms with Crippen LogP contribution in [0.15, 0.2) is 18.2 Å². The molecule has 2 aliphatic rings. The lowest BCUT2D eigenvalue weighted by molar-refractivity contribution is -0.126. The van der Waals surface area contributed by atoms with Gasteiger partial charge in [0.1, 0.15) is 19.8 Å². The molecule has 146 valence electrons. The number of fused-ring (bicyclic) bond motifs is 1. The van der Waals surface area contributed by atoms with E-state index < -0.39 is 11.5 Å². The van der Waals surface area contributed by atoms with Crippen molar-refractivity contribution in [1.29, 1.82) is 0 Å². The molecule has 8 heteroatoms. The highest BCUT2D eigenvalue weighted by molar-refractivity contribution is 8.14. The van der Waals surface area contributed by atoms with Gasteiger partial charge in [-0.05, 0) is 32.9 Å². The van der Waals surface area contributed by atoms with Crippen molar-refractivity contribution in [3.05, 3.63) is 18.2 Å². The molecule has 1 aromatic carbocycles. The van der Waals surface area contributed by atoms with Gasteiger partial charge in [-0.2, -0.15) is 0 Å². The highest BCUT2D eigenvalue weighted by Crippen LogP contribution is 2.35. The Morgan fingerprint density at radius 2 is 1.93 bits per heavy atom. The molecule has 0 unspecified atom stereocenters. The maximum Gasteiger partial charge on any atom is 0.240 e. The predicted molar refractivity (Wildman–Crippen MR) is 103 cm³/mol. The SMILES string of the molecule is CC(C)(C)NC(=O)CN(C(=O)[C@@H]1CSC(=O)C1)c1ccc2c(c1)OCCO2. The number of hydrogen-bond donors (Lipinski definition) is 1. The van der Waals surface area contributed by atoms with E-state index in [0.717, 1.165) is 0 Å². The van der Waals surface area contributed by atoms with Gasteiger partial charge in [-0.25, -0.2) is 0 Å². The van der Waals surface area contributed by atoms with Crippen molar-refractivity contribution in [1.82, 2.24) is 5.32 Å². The van der Waals surface area contributed by atoms with Crippen LogP contribution in [-0.2, 0) is 14.4 Å². The van der Waals surface area contributed by atoms with E-state index in [2.05, 4.69) is 5.32 Å². The molecule has 1 atom stereocenters. The monoisotopic (exact) mass is 392 g/mol. The lowest BCUT2D eigenvalue weighted by Gasteiger charge is -2.28. The second kappa shape index (κ2) is 7.80. The summed E-state index contributed by atoms with van der Waals surface area (Å²) in [5.74, 6) is 0.697. The third-order valence-corrected chi connectivity index (χ3v) is 5.19. The van der Waals surface area contributed by atoms with Crippen LogP contribution in [0.1, 0.15) is 27.2 Å². The van der Waals surface area contributed by atoms with E-state index in [1.165, 1.54) is 16.7 Å². The summed E-state index contributed by atoms with van der Waals surface area (Å²) in [6.45, 7) is 6.44. The summed E-state index contributed by atoms with van der Waals surface area (Å²) in [6.07, 6.45) is 0.200. The van der Waals surface area contributed by atoms with Crippen LogP contribution in [0.25, 0.3) is 0 Å². The maximum absolute atomic E-state index is 13.1. The van der Waals surface area contributed by atoms with Crippen LogP contribution in [0, 0.1) is 5.92 Å². The fourth-order valence-corrected chi connectivity index (χ4v) is 3.96.